The van der Waals surface area contributed by atoms with Gasteiger partial charge in [0.05, 0.1) is 5.92 Å². The van der Waals surface area contributed by atoms with Crippen LogP contribution in [-0.2, 0) is 11.0 Å². The van der Waals surface area contributed by atoms with Gasteiger partial charge in [0.25, 0.3) is 0 Å². The smallest absolute Gasteiger partial charge is 0.417 e. The molecule has 0 spiro atoms. The van der Waals surface area contributed by atoms with Crippen LogP contribution in [0.2, 0.25) is 0 Å². The van der Waals surface area contributed by atoms with Crippen molar-refractivity contribution in [1.82, 2.24) is 15.1 Å². The SMILES string of the molecule is CCCCC(=O)N1CCCC(c2nnc(C(F)(F)F)o2)C1. The summed E-state index contributed by atoms with van der Waals surface area (Å²) in [5.41, 5.74) is 0. The molecule has 1 atom stereocenters. The highest BCUT2D eigenvalue weighted by molar-refractivity contribution is 5.76. The molecular formula is C13H18F3N3O2. The molecule has 21 heavy (non-hydrogen) atoms. The molecule has 0 bridgehead atoms. The highest BCUT2D eigenvalue weighted by atomic mass is 19.4. The third kappa shape index (κ3) is 3.95. The highest BCUT2D eigenvalue weighted by Gasteiger charge is 2.39. The zero-order valence-corrected chi connectivity index (χ0v) is 11.8. The molecule has 0 aliphatic carbocycles. The van der Waals surface area contributed by atoms with E-state index in [0.717, 1.165) is 19.3 Å². The molecule has 5 nitrogen and oxygen atoms in total. The van der Waals surface area contributed by atoms with Gasteiger partial charge in [-0.15, -0.1) is 10.2 Å². The number of unbranched alkanes of at least 4 members (excludes halogenated alkanes) is 1. The molecule has 0 radical (unpaired) electrons. The first-order valence-corrected chi connectivity index (χ1v) is 7.10. The average molecular weight is 305 g/mol. The van der Waals surface area contributed by atoms with E-state index >= 15 is 0 Å². The molecule has 0 saturated carbocycles. The first kappa shape index (κ1) is 15.8. The molecule has 0 aromatic carbocycles. The van der Waals surface area contributed by atoms with Gasteiger partial charge in [0, 0.05) is 19.5 Å². The van der Waals surface area contributed by atoms with Crippen LogP contribution in [0.4, 0.5) is 13.2 Å². The number of nitrogens with zero attached hydrogens (tertiary/aromatic N) is 3. The van der Waals surface area contributed by atoms with Crippen molar-refractivity contribution >= 4 is 5.91 Å². The van der Waals surface area contributed by atoms with E-state index in [-0.39, 0.29) is 17.7 Å². The molecule has 8 heteroatoms. The van der Waals surface area contributed by atoms with Crippen molar-refractivity contribution in [1.29, 1.82) is 0 Å². The van der Waals surface area contributed by atoms with Crippen molar-refractivity contribution in [3.05, 3.63) is 11.8 Å². The number of amides is 1. The number of carbonyl (C=O) groups is 1. The van der Waals surface area contributed by atoms with Crippen LogP contribution in [0.25, 0.3) is 0 Å². The molecular weight excluding hydrogens is 287 g/mol. The first-order chi connectivity index (χ1) is 9.91. The Bertz CT molecular complexity index is 487. The molecule has 1 unspecified atom stereocenters. The van der Waals surface area contributed by atoms with Crippen LogP contribution in [0.3, 0.4) is 0 Å². The van der Waals surface area contributed by atoms with Crippen LogP contribution in [0, 0.1) is 0 Å². The fourth-order valence-corrected chi connectivity index (χ4v) is 2.41. The summed E-state index contributed by atoms with van der Waals surface area (Å²) in [6.07, 6.45) is -1.03. The van der Waals surface area contributed by atoms with Gasteiger partial charge in [0.2, 0.25) is 11.8 Å². The summed E-state index contributed by atoms with van der Waals surface area (Å²) in [6, 6.07) is 0. The van der Waals surface area contributed by atoms with E-state index in [1.807, 2.05) is 6.92 Å². The summed E-state index contributed by atoms with van der Waals surface area (Å²) in [7, 11) is 0. The lowest BCUT2D eigenvalue weighted by Gasteiger charge is -2.31. The van der Waals surface area contributed by atoms with E-state index in [9.17, 15) is 18.0 Å². The number of carbonyl (C=O) groups excluding carboxylic acids is 1. The molecule has 2 rings (SSSR count). The standard InChI is InChI=1S/C13H18F3N3O2/c1-2-3-6-10(20)19-7-4-5-9(8-19)11-17-18-12(21-11)13(14,15)16/h9H,2-8H2,1H3. The Kier molecular flexibility index (Phi) is 4.84. The van der Waals surface area contributed by atoms with Gasteiger partial charge in [0.1, 0.15) is 0 Å². The molecule has 0 N–H and O–H groups in total. The summed E-state index contributed by atoms with van der Waals surface area (Å²) in [6.45, 7) is 2.99. The van der Waals surface area contributed by atoms with Crippen molar-refractivity contribution in [2.45, 2.75) is 51.1 Å². The third-order valence-corrected chi connectivity index (χ3v) is 3.55. The molecule has 1 saturated heterocycles. The predicted molar refractivity (Wildman–Crippen MR) is 67.4 cm³/mol. The Hall–Kier alpha value is -1.60. The highest BCUT2D eigenvalue weighted by Crippen LogP contribution is 2.32. The largest absolute Gasteiger partial charge is 0.470 e. The zero-order chi connectivity index (χ0) is 15.5. The van der Waals surface area contributed by atoms with Crippen LogP contribution in [0.1, 0.15) is 56.7 Å². The normalized spacial score (nSPS) is 19.8. The van der Waals surface area contributed by atoms with Crippen molar-refractivity contribution in [2.75, 3.05) is 13.1 Å². The van der Waals surface area contributed by atoms with E-state index in [4.69, 9.17) is 4.42 Å². The maximum atomic E-state index is 12.5. The minimum Gasteiger partial charge on any atom is -0.417 e. The van der Waals surface area contributed by atoms with Crippen LogP contribution in [0.5, 0.6) is 0 Å². The Labute approximate surface area is 120 Å². The quantitative estimate of drug-likeness (QED) is 0.858. The number of alkyl halides is 3. The summed E-state index contributed by atoms with van der Waals surface area (Å²) in [5, 5.41) is 6.52. The lowest BCUT2D eigenvalue weighted by Crippen LogP contribution is -2.39. The fourth-order valence-electron chi connectivity index (χ4n) is 2.41. The molecule has 1 aliphatic heterocycles. The van der Waals surface area contributed by atoms with Crippen LogP contribution < -0.4 is 0 Å². The molecule has 1 aromatic rings. The first-order valence-electron chi connectivity index (χ1n) is 7.10. The van der Waals surface area contributed by atoms with Crippen molar-refractivity contribution in [2.24, 2.45) is 0 Å². The monoisotopic (exact) mass is 305 g/mol. The van der Waals surface area contributed by atoms with Gasteiger partial charge in [0.15, 0.2) is 0 Å². The van der Waals surface area contributed by atoms with Crippen LogP contribution in [-0.4, -0.2) is 34.1 Å². The predicted octanol–water partition coefficient (Wildman–Crippen LogP) is 2.98. The Morgan fingerprint density at radius 3 is 2.81 bits per heavy atom. The number of hydrogen-bond acceptors (Lipinski definition) is 4. The van der Waals surface area contributed by atoms with Crippen LogP contribution >= 0.6 is 0 Å². The summed E-state index contributed by atoms with van der Waals surface area (Å²) < 4.78 is 42.1. The second-order valence-electron chi connectivity index (χ2n) is 5.23. The maximum absolute atomic E-state index is 12.5. The third-order valence-electron chi connectivity index (χ3n) is 3.55. The molecule has 1 aromatic heterocycles. The minimum absolute atomic E-state index is 0.0321. The molecule has 1 aliphatic rings. The second kappa shape index (κ2) is 6.44. The van der Waals surface area contributed by atoms with Gasteiger partial charge in [-0.2, -0.15) is 13.2 Å². The molecule has 118 valence electrons. The Balaban J connectivity index is 2.00. The number of halogens is 3. The second-order valence-corrected chi connectivity index (χ2v) is 5.23. The van der Waals surface area contributed by atoms with Gasteiger partial charge in [-0.1, -0.05) is 13.3 Å². The fraction of sp³-hybridized carbons (Fsp3) is 0.769. The van der Waals surface area contributed by atoms with Gasteiger partial charge in [-0.3, -0.25) is 4.79 Å². The van der Waals surface area contributed by atoms with Gasteiger partial charge < -0.3 is 9.32 Å². The topological polar surface area (TPSA) is 59.2 Å². The van der Waals surface area contributed by atoms with Gasteiger partial charge in [-0.25, -0.2) is 0 Å². The van der Waals surface area contributed by atoms with E-state index in [1.165, 1.54) is 0 Å². The minimum atomic E-state index is -4.63. The Morgan fingerprint density at radius 2 is 2.19 bits per heavy atom. The van der Waals surface area contributed by atoms with Gasteiger partial charge >= 0.3 is 12.1 Å². The zero-order valence-electron chi connectivity index (χ0n) is 11.8. The van der Waals surface area contributed by atoms with Crippen molar-refractivity contribution in [3.8, 4) is 0 Å². The Morgan fingerprint density at radius 1 is 1.43 bits per heavy atom. The van der Waals surface area contributed by atoms with Gasteiger partial charge in [-0.05, 0) is 19.3 Å². The number of piperidine rings is 1. The van der Waals surface area contributed by atoms with E-state index in [2.05, 4.69) is 10.2 Å². The van der Waals surface area contributed by atoms with E-state index in [1.54, 1.807) is 4.90 Å². The number of likely N-dealkylation sites (tertiary alicyclic amines) is 1. The summed E-state index contributed by atoms with van der Waals surface area (Å²) in [5.74, 6) is -1.63. The average Bonchev–Trinajstić information content (AvgIpc) is 2.95. The lowest BCUT2D eigenvalue weighted by atomic mass is 9.97. The number of aromatic nitrogens is 2. The van der Waals surface area contributed by atoms with Crippen LogP contribution in [0.15, 0.2) is 4.42 Å². The number of rotatable bonds is 4. The molecule has 2 heterocycles. The molecule has 1 amide bonds. The van der Waals surface area contributed by atoms with E-state index < -0.39 is 12.1 Å². The lowest BCUT2D eigenvalue weighted by molar-refractivity contribution is -0.157. The maximum Gasteiger partial charge on any atom is 0.470 e. The number of hydrogen-bond donors (Lipinski definition) is 0. The van der Waals surface area contributed by atoms with E-state index in [0.29, 0.717) is 25.9 Å². The summed E-state index contributed by atoms with van der Waals surface area (Å²) in [4.78, 5) is 13.7. The van der Waals surface area contributed by atoms with Crippen molar-refractivity contribution in [3.63, 3.8) is 0 Å². The molecule has 1 fully saturated rings. The van der Waals surface area contributed by atoms with Crippen molar-refractivity contribution < 1.29 is 22.4 Å². The summed E-state index contributed by atoms with van der Waals surface area (Å²) >= 11 is 0.